The molecule has 8 nitrogen and oxygen atoms in total. The molecule has 0 aliphatic heterocycles. The second kappa shape index (κ2) is 8.88. The van der Waals surface area contributed by atoms with Crippen molar-refractivity contribution >= 4 is 17.5 Å². The van der Waals surface area contributed by atoms with Gasteiger partial charge in [-0.05, 0) is 54.6 Å². The lowest BCUT2D eigenvalue weighted by Crippen LogP contribution is -2.19. The molecular weight excluding hydrogens is 429 g/mol. The topological polar surface area (TPSA) is 114 Å². The van der Waals surface area contributed by atoms with Crippen LogP contribution in [0.5, 0.6) is 11.5 Å². The van der Waals surface area contributed by atoms with Gasteiger partial charge in [0.15, 0.2) is 12.4 Å². The minimum absolute atomic E-state index is 0.0825. The molecule has 0 fully saturated rings. The van der Waals surface area contributed by atoms with E-state index in [1.54, 1.807) is 36.4 Å². The van der Waals surface area contributed by atoms with Crippen LogP contribution in [0.2, 0.25) is 5.02 Å². The Bertz CT molecular complexity index is 1210. The van der Waals surface area contributed by atoms with Crippen LogP contribution in [-0.2, 0) is 11.4 Å². The first-order valence-electron chi connectivity index (χ1n) is 9.00. The third-order valence-electron chi connectivity index (χ3n) is 4.06. The SMILES string of the molecule is NC(=O)COc1ccc(-c2noc(-c3ccc(COc4ccc(F)cc4Cl)o3)n2)cc1. The third kappa shape index (κ3) is 5.01. The molecule has 0 saturated heterocycles. The molecule has 0 saturated carbocycles. The predicted molar refractivity (Wildman–Crippen MR) is 108 cm³/mol. The van der Waals surface area contributed by atoms with E-state index in [0.29, 0.717) is 34.4 Å². The van der Waals surface area contributed by atoms with Crippen molar-refractivity contribution in [2.45, 2.75) is 6.61 Å². The van der Waals surface area contributed by atoms with Crippen molar-refractivity contribution in [2.24, 2.45) is 5.73 Å². The van der Waals surface area contributed by atoms with Gasteiger partial charge in [0, 0.05) is 5.56 Å². The smallest absolute Gasteiger partial charge is 0.293 e. The average Bonchev–Trinajstić information content (AvgIpc) is 3.42. The summed E-state index contributed by atoms with van der Waals surface area (Å²) >= 11 is 5.94. The van der Waals surface area contributed by atoms with Crippen LogP contribution in [0.1, 0.15) is 5.76 Å². The zero-order valence-electron chi connectivity index (χ0n) is 15.9. The Morgan fingerprint density at radius 2 is 1.90 bits per heavy atom. The maximum Gasteiger partial charge on any atom is 0.293 e. The number of hydrogen-bond donors (Lipinski definition) is 1. The first-order valence-corrected chi connectivity index (χ1v) is 9.38. The molecule has 2 heterocycles. The van der Waals surface area contributed by atoms with E-state index < -0.39 is 11.7 Å². The molecule has 0 bridgehead atoms. The van der Waals surface area contributed by atoms with Crippen molar-refractivity contribution < 1.29 is 27.6 Å². The number of benzene rings is 2. The number of primary amides is 1. The van der Waals surface area contributed by atoms with E-state index in [4.69, 9.17) is 35.7 Å². The van der Waals surface area contributed by atoms with Gasteiger partial charge in [-0.15, -0.1) is 0 Å². The van der Waals surface area contributed by atoms with Crippen LogP contribution in [-0.4, -0.2) is 22.7 Å². The number of ether oxygens (including phenoxy) is 2. The van der Waals surface area contributed by atoms with Gasteiger partial charge < -0.3 is 24.1 Å². The van der Waals surface area contributed by atoms with Crippen molar-refractivity contribution in [1.82, 2.24) is 10.1 Å². The molecule has 2 aromatic heterocycles. The molecule has 2 N–H and O–H groups in total. The first-order chi connectivity index (χ1) is 15.0. The van der Waals surface area contributed by atoms with Gasteiger partial charge in [0.2, 0.25) is 5.82 Å². The fourth-order valence-corrected chi connectivity index (χ4v) is 2.83. The summed E-state index contributed by atoms with van der Waals surface area (Å²) in [5, 5.41) is 4.11. The number of carbonyl (C=O) groups is 1. The lowest BCUT2D eigenvalue weighted by atomic mass is 10.2. The Hall–Kier alpha value is -3.85. The number of rotatable bonds is 8. The number of nitrogens with two attached hydrogens (primary N) is 1. The van der Waals surface area contributed by atoms with Gasteiger partial charge in [-0.25, -0.2) is 4.39 Å². The van der Waals surface area contributed by atoms with E-state index in [2.05, 4.69) is 10.1 Å². The quantitative estimate of drug-likeness (QED) is 0.433. The molecule has 0 aliphatic rings. The average molecular weight is 444 g/mol. The molecule has 0 aliphatic carbocycles. The molecule has 0 atom stereocenters. The van der Waals surface area contributed by atoms with Crippen LogP contribution in [0, 0.1) is 5.82 Å². The molecule has 2 aromatic carbocycles. The number of carbonyl (C=O) groups excluding carboxylic acids is 1. The standard InChI is InChI=1S/C21H15ClFN3O5/c22-16-9-13(23)3-7-17(16)29-10-15-6-8-18(30-15)21-25-20(26-31-21)12-1-4-14(5-2-12)28-11-19(24)27/h1-9H,10-11H2,(H2,24,27). The summed E-state index contributed by atoms with van der Waals surface area (Å²) in [4.78, 5) is 15.1. The lowest BCUT2D eigenvalue weighted by molar-refractivity contribution is -0.119. The Morgan fingerprint density at radius 1 is 1.10 bits per heavy atom. The molecule has 1 amide bonds. The summed E-state index contributed by atoms with van der Waals surface area (Å²) in [7, 11) is 0. The summed E-state index contributed by atoms with van der Waals surface area (Å²) in [6.45, 7) is -0.122. The minimum Gasteiger partial charge on any atom is -0.484 e. The highest BCUT2D eigenvalue weighted by molar-refractivity contribution is 6.32. The summed E-state index contributed by atoms with van der Waals surface area (Å²) < 4.78 is 34.8. The normalized spacial score (nSPS) is 10.8. The monoisotopic (exact) mass is 443 g/mol. The first kappa shape index (κ1) is 20.4. The zero-order chi connectivity index (χ0) is 21.8. The summed E-state index contributed by atoms with van der Waals surface area (Å²) in [5.74, 6) is 1.22. The van der Waals surface area contributed by atoms with Crippen LogP contribution in [0.3, 0.4) is 0 Å². The van der Waals surface area contributed by atoms with Crippen molar-refractivity contribution in [3.8, 4) is 34.5 Å². The molecule has 0 radical (unpaired) electrons. The Balaban J connectivity index is 1.41. The largest absolute Gasteiger partial charge is 0.484 e. The van der Waals surface area contributed by atoms with Crippen molar-refractivity contribution in [3.63, 3.8) is 0 Å². The van der Waals surface area contributed by atoms with Crippen LogP contribution < -0.4 is 15.2 Å². The van der Waals surface area contributed by atoms with Gasteiger partial charge >= 0.3 is 0 Å². The molecule has 4 aromatic rings. The number of hydrogen-bond acceptors (Lipinski definition) is 7. The Kier molecular flexibility index (Phi) is 5.85. The fraction of sp³-hybridized carbons (Fsp3) is 0.0952. The van der Waals surface area contributed by atoms with Gasteiger partial charge in [-0.1, -0.05) is 16.8 Å². The van der Waals surface area contributed by atoms with Gasteiger partial charge in [-0.2, -0.15) is 4.98 Å². The molecule has 0 unspecified atom stereocenters. The number of halogens is 2. The van der Waals surface area contributed by atoms with Gasteiger partial charge in [0.25, 0.3) is 11.8 Å². The Labute approximate surface area is 180 Å². The maximum absolute atomic E-state index is 13.1. The van der Waals surface area contributed by atoms with Crippen molar-refractivity contribution in [3.05, 3.63) is 71.2 Å². The molecule has 10 heteroatoms. The minimum atomic E-state index is -0.559. The summed E-state index contributed by atoms with van der Waals surface area (Å²) in [5.41, 5.74) is 5.73. The molecule has 158 valence electrons. The van der Waals surface area contributed by atoms with E-state index in [9.17, 15) is 9.18 Å². The van der Waals surface area contributed by atoms with E-state index >= 15 is 0 Å². The highest BCUT2D eigenvalue weighted by Gasteiger charge is 2.15. The van der Waals surface area contributed by atoms with Gasteiger partial charge in [0.05, 0.1) is 5.02 Å². The summed E-state index contributed by atoms with van der Waals surface area (Å²) in [6, 6.07) is 14.0. The van der Waals surface area contributed by atoms with Crippen molar-refractivity contribution in [2.75, 3.05) is 6.61 Å². The number of amides is 1. The van der Waals surface area contributed by atoms with Crippen LogP contribution in [0.25, 0.3) is 23.0 Å². The van der Waals surface area contributed by atoms with Gasteiger partial charge in [-0.3, -0.25) is 4.79 Å². The van der Waals surface area contributed by atoms with Crippen molar-refractivity contribution in [1.29, 1.82) is 0 Å². The van der Waals surface area contributed by atoms with Crippen LogP contribution in [0.15, 0.2) is 63.5 Å². The number of nitrogens with zero attached hydrogens (tertiary/aromatic N) is 2. The lowest BCUT2D eigenvalue weighted by Gasteiger charge is -2.05. The third-order valence-corrected chi connectivity index (χ3v) is 4.35. The molecular formula is C21H15ClFN3O5. The van der Waals surface area contributed by atoms with Crippen LogP contribution in [0.4, 0.5) is 4.39 Å². The maximum atomic E-state index is 13.1. The highest BCUT2D eigenvalue weighted by atomic mass is 35.5. The van der Waals surface area contributed by atoms with Gasteiger partial charge in [0.1, 0.15) is 29.7 Å². The molecule has 4 rings (SSSR count). The van der Waals surface area contributed by atoms with Crippen LogP contribution >= 0.6 is 11.6 Å². The second-order valence-electron chi connectivity index (χ2n) is 6.33. The predicted octanol–water partition coefficient (Wildman–Crippen LogP) is 4.23. The Morgan fingerprint density at radius 3 is 2.65 bits per heavy atom. The fourth-order valence-electron chi connectivity index (χ4n) is 2.61. The summed E-state index contributed by atoms with van der Waals surface area (Å²) in [6.07, 6.45) is 0. The molecule has 0 spiro atoms. The number of furan rings is 1. The van der Waals surface area contributed by atoms with E-state index in [0.717, 1.165) is 0 Å². The number of aromatic nitrogens is 2. The zero-order valence-corrected chi connectivity index (χ0v) is 16.6. The van der Waals surface area contributed by atoms with E-state index in [1.165, 1.54) is 18.2 Å². The second-order valence-corrected chi connectivity index (χ2v) is 6.74. The highest BCUT2D eigenvalue weighted by Crippen LogP contribution is 2.28. The molecule has 31 heavy (non-hydrogen) atoms. The van der Waals surface area contributed by atoms with E-state index in [-0.39, 0.29) is 24.1 Å². The van der Waals surface area contributed by atoms with E-state index in [1.807, 2.05) is 0 Å².